The van der Waals surface area contributed by atoms with Crippen molar-refractivity contribution < 1.29 is 9.59 Å². The van der Waals surface area contributed by atoms with E-state index in [1.54, 1.807) is 12.4 Å². The van der Waals surface area contributed by atoms with Gasteiger partial charge in [0.05, 0.1) is 33.9 Å². The minimum Gasteiger partial charge on any atom is -0.374 e. The zero-order valence-corrected chi connectivity index (χ0v) is 22.5. The minimum atomic E-state index is -0.500. The van der Waals surface area contributed by atoms with E-state index in [0.717, 1.165) is 41.9 Å². The predicted molar refractivity (Wildman–Crippen MR) is 146 cm³/mol. The lowest BCUT2D eigenvalue weighted by atomic mass is 9.97. The van der Waals surface area contributed by atoms with E-state index in [9.17, 15) is 9.59 Å². The maximum atomic E-state index is 13.3. The molecule has 2 fully saturated rings. The van der Waals surface area contributed by atoms with Crippen LogP contribution in [0.2, 0.25) is 5.02 Å². The molecule has 196 valence electrons. The van der Waals surface area contributed by atoms with Gasteiger partial charge in [0.25, 0.3) is 5.91 Å². The van der Waals surface area contributed by atoms with Gasteiger partial charge < -0.3 is 16.0 Å². The standard InChI is InChI=1S/C27H33ClN6O2S/c1-17-21(14-19(28)15-29-17)32-23(16-34-12-4-11-30-34)24-9-10-25(37-24)27(36)33-22(13-18-5-2-3-6-18)26(35)31-20-7-8-20/h4,9-12,14-15,18,20,22-23,32H,2-3,5-8,13,16H2,1H3,(H,31,35)(H,33,36)/t22-,23-/m0/s1. The number of aromatic nitrogens is 3. The van der Waals surface area contributed by atoms with Crippen LogP contribution in [0.3, 0.4) is 0 Å². The molecule has 2 amide bonds. The van der Waals surface area contributed by atoms with E-state index in [2.05, 4.69) is 26.0 Å². The van der Waals surface area contributed by atoms with Gasteiger partial charge in [-0.25, -0.2) is 0 Å². The Balaban J connectivity index is 1.32. The Bertz CT molecular complexity index is 1220. The molecular formula is C27H33ClN6O2S. The molecule has 3 N–H and O–H groups in total. The first-order valence-corrected chi connectivity index (χ1v) is 14.2. The summed E-state index contributed by atoms with van der Waals surface area (Å²) in [6.45, 7) is 2.49. The molecular weight excluding hydrogens is 508 g/mol. The predicted octanol–water partition coefficient (Wildman–Crippen LogP) is 5.11. The Morgan fingerprint density at radius 2 is 2.03 bits per heavy atom. The van der Waals surface area contributed by atoms with Crippen molar-refractivity contribution in [3.63, 3.8) is 0 Å². The maximum absolute atomic E-state index is 13.3. The first-order valence-electron chi connectivity index (χ1n) is 13.0. The van der Waals surface area contributed by atoms with Crippen LogP contribution in [0.5, 0.6) is 0 Å². The van der Waals surface area contributed by atoms with Crippen LogP contribution >= 0.6 is 22.9 Å². The van der Waals surface area contributed by atoms with Crippen LogP contribution in [-0.4, -0.2) is 38.7 Å². The van der Waals surface area contributed by atoms with Crippen LogP contribution in [0, 0.1) is 12.8 Å². The van der Waals surface area contributed by atoms with Crippen molar-refractivity contribution in [2.75, 3.05) is 5.32 Å². The molecule has 2 atom stereocenters. The average molecular weight is 541 g/mol. The minimum absolute atomic E-state index is 0.0540. The van der Waals surface area contributed by atoms with E-state index < -0.39 is 6.04 Å². The van der Waals surface area contributed by atoms with Crippen molar-refractivity contribution in [2.45, 2.75) is 76.5 Å². The van der Waals surface area contributed by atoms with Gasteiger partial charge in [-0.1, -0.05) is 37.3 Å². The molecule has 0 radical (unpaired) electrons. The zero-order valence-electron chi connectivity index (χ0n) is 21.0. The highest BCUT2D eigenvalue weighted by molar-refractivity contribution is 7.14. The Kier molecular flexibility index (Phi) is 8.10. The fraction of sp³-hybridized carbons (Fsp3) is 0.481. The van der Waals surface area contributed by atoms with Gasteiger partial charge in [0.15, 0.2) is 0 Å². The molecule has 2 saturated carbocycles. The number of aryl methyl sites for hydroxylation is 1. The summed E-state index contributed by atoms with van der Waals surface area (Å²) < 4.78 is 1.85. The summed E-state index contributed by atoms with van der Waals surface area (Å²) in [4.78, 5) is 32.2. The Hall–Kier alpha value is -2.91. The molecule has 2 aliphatic rings. The van der Waals surface area contributed by atoms with E-state index in [1.807, 2.05) is 42.1 Å². The fourth-order valence-electron chi connectivity index (χ4n) is 4.88. The lowest BCUT2D eigenvalue weighted by Gasteiger charge is -2.21. The Morgan fingerprint density at radius 3 is 2.76 bits per heavy atom. The second-order valence-corrected chi connectivity index (χ2v) is 11.7. The van der Waals surface area contributed by atoms with Gasteiger partial charge in [-0.2, -0.15) is 5.10 Å². The van der Waals surface area contributed by atoms with E-state index in [0.29, 0.717) is 28.8 Å². The van der Waals surface area contributed by atoms with Gasteiger partial charge in [-0.05, 0) is 56.4 Å². The number of rotatable bonds is 11. The SMILES string of the molecule is Cc1ncc(Cl)cc1N[C@@H](Cn1cccn1)c1ccc(C(=O)N[C@@H](CC2CCCC2)C(=O)NC2CC2)s1. The second-order valence-electron chi connectivity index (χ2n) is 10.1. The van der Waals surface area contributed by atoms with Crippen LogP contribution in [0.4, 0.5) is 5.69 Å². The summed E-state index contributed by atoms with van der Waals surface area (Å²) in [5.41, 5.74) is 1.67. The number of nitrogens with one attached hydrogen (secondary N) is 3. The molecule has 5 rings (SSSR count). The monoisotopic (exact) mass is 540 g/mol. The third-order valence-electron chi connectivity index (χ3n) is 7.10. The van der Waals surface area contributed by atoms with E-state index in [1.165, 1.54) is 24.2 Å². The van der Waals surface area contributed by atoms with Gasteiger partial charge in [0, 0.05) is 29.5 Å². The third kappa shape index (κ3) is 6.90. The van der Waals surface area contributed by atoms with Crippen molar-refractivity contribution in [1.29, 1.82) is 0 Å². The number of thiophene rings is 1. The van der Waals surface area contributed by atoms with Gasteiger partial charge in [0.1, 0.15) is 6.04 Å². The molecule has 3 aromatic heterocycles. The second kappa shape index (κ2) is 11.6. The number of carbonyl (C=O) groups excluding carboxylic acids is 2. The summed E-state index contributed by atoms with van der Waals surface area (Å²) >= 11 is 7.62. The molecule has 3 heterocycles. The number of pyridine rings is 1. The lowest BCUT2D eigenvalue weighted by molar-refractivity contribution is -0.123. The number of carbonyl (C=O) groups is 2. The van der Waals surface area contributed by atoms with Crippen molar-refractivity contribution in [3.8, 4) is 0 Å². The highest BCUT2D eigenvalue weighted by Crippen LogP contribution is 2.31. The van der Waals surface area contributed by atoms with Crippen molar-refractivity contribution >= 4 is 40.4 Å². The molecule has 0 bridgehead atoms. The lowest BCUT2D eigenvalue weighted by Crippen LogP contribution is -2.48. The molecule has 8 nitrogen and oxygen atoms in total. The summed E-state index contributed by atoms with van der Waals surface area (Å²) in [5, 5.41) is 14.6. The van der Waals surface area contributed by atoms with Gasteiger partial charge in [-0.3, -0.25) is 19.3 Å². The number of amides is 2. The molecule has 0 spiro atoms. The number of nitrogens with zero attached hydrogens (tertiary/aromatic N) is 3. The first kappa shape index (κ1) is 25.7. The Labute approximate surface area is 226 Å². The molecule has 37 heavy (non-hydrogen) atoms. The van der Waals surface area contributed by atoms with E-state index >= 15 is 0 Å². The quantitative estimate of drug-likeness (QED) is 0.314. The number of anilines is 1. The highest BCUT2D eigenvalue weighted by atomic mass is 35.5. The molecule has 0 unspecified atom stereocenters. The number of hydrogen-bond donors (Lipinski definition) is 3. The van der Waals surface area contributed by atoms with E-state index in [4.69, 9.17) is 11.6 Å². The van der Waals surface area contributed by atoms with E-state index in [-0.39, 0.29) is 23.9 Å². The summed E-state index contributed by atoms with van der Waals surface area (Å²) in [6.07, 6.45) is 12.7. The summed E-state index contributed by atoms with van der Waals surface area (Å²) in [7, 11) is 0. The number of hydrogen-bond acceptors (Lipinski definition) is 6. The van der Waals surface area contributed by atoms with Gasteiger partial charge in [-0.15, -0.1) is 11.3 Å². The van der Waals surface area contributed by atoms with Crippen molar-refractivity contribution in [2.24, 2.45) is 5.92 Å². The topological polar surface area (TPSA) is 101 Å². The van der Waals surface area contributed by atoms with Crippen LogP contribution in [0.15, 0.2) is 42.9 Å². The van der Waals surface area contributed by atoms with Crippen molar-refractivity contribution in [3.05, 3.63) is 63.3 Å². The van der Waals surface area contributed by atoms with Crippen LogP contribution in [-0.2, 0) is 11.3 Å². The molecule has 0 saturated heterocycles. The third-order valence-corrected chi connectivity index (χ3v) is 8.50. The van der Waals surface area contributed by atoms with Crippen LogP contribution in [0.1, 0.15) is 71.2 Å². The molecule has 0 aromatic carbocycles. The molecule has 10 heteroatoms. The molecule has 3 aromatic rings. The smallest absolute Gasteiger partial charge is 0.262 e. The van der Waals surface area contributed by atoms with Crippen LogP contribution in [0.25, 0.3) is 0 Å². The van der Waals surface area contributed by atoms with Gasteiger partial charge >= 0.3 is 0 Å². The highest BCUT2D eigenvalue weighted by Gasteiger charge is 2.31. The Morgan fingerprint density at radius 1 is 1.22 bits per heavy atom. The maximum Gasteiger partial charge on any atom is 0.262 e. The largest absolute Gasteiger partial charge is 0.374 e. The van der Waals surface area contributed by atoms with Crippen molar-refractivity contribution in [1.82, 2.24) is 25.4 Å². The summed E-state index contributed by atoms with van der Waals surface area (Å²) in [6, 6.07) is 7.15. The summed E-state index contributed by atoms with van der Waals surface area (Å²) in [5.74, 6) is 0.233. The number of halogens is 1. The van der Waals surface area contributed by atoms with Crippen LogP contribution < -0.4 is 16.0 Å². The zero-order chi connectivity index (χ0) is 25.8. The average Bonchev–Trinajstić information content (AvgIpc) is 3.31. The first-order chi connectivity index (χ1) is 17.9. The van der Waals surface area contributed by atoms with Gasteiger partial charge in [0.2, 0.25) is 5.91 Å². The molecule has 2 aliphatic carbocycles. The fourth-order valence-corrected chi connectivity index (χ4v) is 5.99. The molecule has 0 aliphatic heterocycles. The normalized spacial score (nSPS) is 17.4.